The minimum atomic E-state index is 0.947. The molecule has 1 rings (SSSR count). The van der Waals surface area contributed by atoms with Gasteiger partial charge in [-0.05, 0) is 43.4 Å². The Morgan fingerprint density at radius 3 is 2.05 bits per heavy atom. The van der Waals surface area contributed by atoms with Gasteiger partial charge in [0.05, 0.1) is 7.11 Å². The molecule has 0 aliphatic carbocycles. The van der Waals surface area contributed by atoms with Gasteiger partial charge in [0.25, 0.3) is 0 Å². The minimum absolute atomic E-state index is 0.947. The van der Waals surface area contributed by atoms with Gasteiger partial charge in [0.2, 0.25) is 0 Å². The van der Waals surface area contributed by atoms with Gasteiger partial charge in [-0.1, -0.05) is 50.3 Å². The van der Waals surface area contributed by atoms with Crippen LogP contribution in [0.1, 0.15) is 56.9 Å². The lowest BCUT2D eigenvalue weighted by Crippen LogP contribution is -1.88. The predicted molar refractivity (Wildman–Crippen MR) is 83.8 cm³/mol. The Balaban J connectivity index is 1.96. The third-order valence-electron chi connectivity index (χ3n) is 3.53. The number of methoxy groups -OCH3 is 1. The van der Waals surface area contributed by atoms with Crippen LogP contribution < -0.4 is 4.74 Å². The second-order valence-corrected chi connectivity index (χ2v) is 5.15. The van der Waals surface area contributed by atoms with Gasteiger partial charge in [-0.15, -0.1) is 6.58 Å². The molecule has 0 fully saturated rings. The highest BCUT2D eigenvalue weighted by Gasteiger charge is 1.95. The molecule has 1 aromatic rings. The van der Waals surface area contributed by atoms with Crippen molar-refractivity contribution in [1.29, 1.82) is 0 Å². The molecule has 1 nitrogen and oxygen atoms in total. The summed E-state index contributed by atoms with van der Waals surface area (Å²) in [4.78, 5) is 0. The van der Waals surface area contributed by atoms with E-state index in [9.17, 15) is 0 Å². The minimum Gasteiger partial charge on any atom is -0.497 e. The maximum Gasteiger partial charge on any atom is 0.118 e. The lowest BCUT2D eigenvalue weighted by atomic mass is 10.0. The highest BCUT2D eigenvalue weighted by molar-refractivity contribution is 5.27. The van der Waals surface area contributed by atoms with E-state index in [1.165, 1.54) is 63.4 Å². The van der Waals surface area contributed by atoms with Gasteiger partial charge in [-0.25, -0.2) is 0 Å². The molecule has 0 amide bonds. The average molecular weight is 260 g/mol. The number of ether oxygens (including phenoxy) is 1. The van der Waals surface area contributed by atoms with Gasteiger partial charge >= 0.3 is 0 Å². The average Bonchev–Trinajstić information content (AvgIpc) is 2.46. The van der Waals surface area contributed by atoms with E-state index in [0.717, 1.165) is 5.75 Å². The monoisotopic (exact) mass is 260 g/mol. The summed E-state index contributed by atoms with van der Waals surface area (Å²) in [6.45, 7) is 3.75. The van der Waals surface area contributed by atoms with Gasteiger partial charge in [-0.2, -0.15) is 0 Å². The third-order valence-corrected chi connectivity index (χ3v) is 3.53. The first-order valence-electron chi connectivity index (χ1n) is 7.60. The maximum atomic E-state index is 5.16. The molecule has 1 aromatic carbocycles. The summed E-state index contributed by atoms with van der Waals surface area (Å²) >= 11 is 0. The van der Waals surface area contributed by atoms with Gasteiger partial charge < -0.3 is 4.74 Å². The maximum absolute atomic E-state index is 5.16. The van der Waals surface area contributed by atoms with E-state index in [0.29, 0.717) is 0 Å². The zero-order valence-electron chi connectivity index (χ0n) is 12.4. The van der Waals surface area contributed by atoms with Crippen LogP contribution >= 0.6 is 0 Å². The van der Waals surface area contributed by atoms with Crippen LogP contribution in [0.2, 0.25) is 0 Å². The highest BCUT2D eigenvalue weighted by Crippen LogP contribution is 2.14. The second kappa shape index (κ2) is 10.7. The molecule has 0 aliphatic rings. The smallest absolute Gasteiger partial charge is 0.118 e. The number of unbranched alkanes of at least 4 members (excludes halogenated alkanes) is 7. The number of allylic oxidation sites excluding steroid dienone is 1. The Kier molecular flexibility index (Phi) is 8.87. The van der Waals surface area contributed by atoms with Crippen LogP contribution in [0.5, 0.6) is 5.75 Å². The largest absolute Gasteiger partial charge is 0.497 e. The molecule has 0 spiro atoms. The summed E-state index contributed by atoms with van der Waals surface area (Å²) in [5, 5.41) is 0. The lowest BCUT2D eigenvalue weighted by molar-refractivity contribution is 0.414. The molecular weight excluding hydrogens is 232 g/mol. The fourth-order valence-corrected chi connectivity index (χ4v) is 2.29. The first-order valence-corrected chi connectivity index (χ1v) is 7.60. The van der Waals surface area contributed by atoms with Crippen LogP contribution in [0, 0.1) is 0 Å². The second-order valence-electron chi connectivity index (χ2n) is 5.15. The molecule has 0 heterocycles. The summed E-state index contributed by atoms with van der Waals surface area (Å²) in [7, 11) is 1.71. The van der Waals surface area contributed by atoms with Crippen LogP contribution in [0.4, 0.5) is 0 Å². The van der Waals surface area contributed by atoms with E-state index < -0.39 is 0 Å². The lowest BCUT2D eigenvalue weighted by Gasteiger charge is -2.04. The number of rotatable bonds is 11. The fourth-order valence-electron chi connectivity index (χ4n) is 2.29. The first kappa shape index (κ1) is 15.8. The van der Waals surface area contributed by atoms with E-state index in [2.05, 4.69) is 30.8 Å². The zero-order chi connectivity index (χ0) is 13.8. The molecule has 0 atom stereocenters. The van der Waals surface area contributed by atoms with Crippen molar-refractivity contribution >= 4 is 0 Å². The summed E-state index contributed by atoms with van der Waals surface area (Å²) in [5.41, 5.74) is 1.42. The molecule has 0 saturated carbocycles. The van der Waals surface area contributed by atoms with Crippen LogP contribution in [0.3, 0.4) is 0 Å². The molecule has 1 heteroatoms. The molecule has 0 unspecified atom stereocenters. The predicted octanol–water partition coefficient (Wildman–Crippen LogP) is 5.54. The van der Waals surface area contributed by atoms with E-state index >= 15 is 0 Å². The number of hydrogen-bond donors (Lipinski definition) is 0. The number of aryl methyl sites for hydroxylation is 1. The van der Waals surface area contributed by atoms with Crippen molar-refractivity contribution in [3.63, 3.8) is 0 Å². The van der Waals surface area contributed by atoms with Crippen molar-refractivity contribution in [1.82, 2.24) is 0 Å². The Bertz CT molecular complexity index is 326. The first-order chi connectivity index (χ1) is 9.36. The van der Waals surface area contributed by atoms with Gasteiger partial charge in [0.1, 0.15) is 5.75 Å². The van der Waals surface area contributed by atoms with Crippen molar-refractivity contribution < 1.29 is 4.74 Å². The standard InChI is InChI=1S/C18H28O/c1-3-4-5-6-7-8-9-10-11-12-17-13-15-18(19-2)16-14-17/h3,13-16H,1,4-12H2,2H3. The molecule has 0 bridgehead atoms. The van der Waals surface area contributed by atoms with Gasteiger partial charge in [-0.3, -0.25) is 0 Å². The summed E-state index contributed by atoms with van der Waals surface area (Å²) in [6, 6.07) is 8.45. The Labute approximate surface area is 118 Å². The molecule has 0 aromatic heterocycles. The molecule has 0 aliphatic heterocycles. The van der Waals surface area contributed by atoms with Crippen LogP contribution in [0.15, 0.2) is 36.9 Å². The number of hydrogen-bond acceptors (Lipinski definition) is 1. The van der Waals surface area contributed by atoms with Crippen molar-refractivity contribution in [3.05, 3.63) is 42.5 Å². The SMILES string of the molecule is C=CCCCCCCCCCc1ccc(OC)cc1. The Morgan fingerprint density at radius 1 is 0.895 bits per heavy atom. The van der Waals surface area contributed by atoms with Crippen molar-refractivity contribution in [2.45, 2.75) is 57.8 Å². The topological polar surface area (TPSA) is 9.23 Å². The van der Waals surface area contributed by atoms with E-state index in [4.69, 9.17) is 4.74 Å². The van der Waals surface area contributed by atoms with E-state index in [-0.39, 0.29) is 0 Å². The van der Waals surface area contributed by atoms with Crippen molar-refractivity contribution in [3.8, 4) is 5.75 Å². The van der Waals surface area contributed by atoms with Crippen LogP contribution in [-0.4, -0.2) is 7.11 Å². The third kappa shape index (κ3) is 7.71. The summed E-state index contributed by atoms with van der Waals surface area (Å²) in [5.74, 6) is 0.947. The zero-order valence-corrected chi connectivity index (χ0v) is 12.4. The van der Waals surface area contributed by atoms with Gasteiger partial charge in [0.15, 0.2) is 0 Å². The molecule has 0 N–H and O–H groups in total. The Hall–Kier alpha value is -1.24. The number of benzene rings is 1. The Morgan fingerprint density at radius 2 is 1.47 bits per heavy atom. The molecule has 0 radical (unpaired) electrons. The van der Waals surface area contributed by atoms with Gasteiger partial charge in [0, 0.05) is 0 Å². The highest BCUT2D eigenvalue weighted by atomic mass is 16.5. The molecule has 19 heavy (non-hydrogen) atoms. The summed E-state index contributed by atoms with van der Waals surface area (Å²) in [6.07, 6.45) is 13.9. The van der Waals surface area contributed by atoms with E-state index in [1.807, 2.05) is 6.08 Å². The van der Waals surface area contributed by atoms with Crippen LogP contribution in [0.25, 0.3) is 0 Å². The summed E-state index contributed by atoms with van der Waals surface area (Å²) < 4.78 is 5.16. The molecule has 106 valence electrons. The molecular formula is C18H28O. The van der Waals surface area contributed by atoms with Crippen molar-refractivity contribution in [2.75, 3.05) is 7.11 Å². The normalized spacial score (nSPS) is 10.4. The quantitative estimate of drug-likeness (QED) is 0.374. The fraction of sp³-hybridized carbons (Fsp3) is 0.556. The molecule has 0 saturated heterocycles. The van der Waals surface area contributed by atoms with Crippen molar-refractivity contribution in [2.24, 2.45) is 0 Å². The van der Waals surface area contributed by atoms with Crippen LogP contribution in [-0.2, 0) is 6.42 Å². The van der Waals surface area contributed by atoms with E-state index in [1.54, 1.807) is 7.11 Å².